The molecule has 2 aromatic heterocycles. The molecule has 4 aromatic rings. The van der Waals surface area contributed by atoms with E-state index in [2.05, 4.69) is 40.3 Å². The Balaban J connectivity index is 1.43. The Morgan fingerprint density at radius 1 is 0.855 bits per heavy atom. The quantitative estimate of drug-likeness (QED) is 0.0588. The number of aromatic nitrogens is 4. The van der Waals surface area contributed by atoms with Gasteiger partial charge in [0.25, 0.3) is 0 Å². The third-order valence-corrected chi connectivity index (χ3v) is 9.18. The number of methoxy groups -OCH3 is 2. The molecule has 0 aliphatic rings. The number of hydrogen-bond donors (Lipinski definition) is 6. The van der Waals surface area contributed by atoms with Crippen LogP contribution in [-0.2, 0) is 25.6 Å². The van der Waals surface area contributed by atoms with Gasteiger partial charge in [0.15, 0.2) is 0 Å². The number of amides is 3. The standard InChI is InChI=1S/C40H54N8O7/c1-9-18-48(38(51)34(24(4)5)47-40(53)55-8)22-33-41-20-31(44-33)28-14-10-26(11-15-28)27-12-16-29(17-13-27)32-21-42-36(45-32)35(25(6)49)46-37(50)30(23(2)3)19-43-39(52)54-7/h10-17,19-21,23-25,30,34-35,40,47,49,53H,9,18,22H2,1-8H3,(H,41,44)(H,42,45)(H,46,50)/b43-19+/t25-,30?,34?,35+,40?/m1/s1. The number of aliphatic hydroxyl groups excluding tert-OH is 2. The molecule has 2 aromatic carbocycles. The van der Waals surface area contributed by atoms with E-state index in [4.69, 9.17) is 4.74 Å². The van der Waals surface area contributed by atoms with Gasteiger partial charge < -0.3 is 39.9 Å². The summed E-state index contributed by atoms with van der Waals surface area (Å²) in [5, 5.41) is 26.2. The summed E-state index contributed by atoms with van der Waals surface area (Å²) in [7, 11) is 2.58. The van der Waals surface area contributed by atoms with E-state index in [9.17, 15) is 24.6 Å². The predicted octanol–water partition coefficient (Wildman–Crippen LogP) is 5.06. The molecular formula is C40H54N8O7. The molecule has 3 amide bonds. The minimum Gasteiger partial charge on any atom is -0.451 e. The highest BCUT2D eigenvalue weighted by Crippen LogP contribution is 2.28. The number of carbonyl (C=O) groups excluding carboxylic acids is 3. The lowest BCUT2D eigenvalue weighted by atomic mass is 9.95. The number of nitrogens with one attached hydrogen (secondary N) is 4. The number of imidazole rings is 2. The third-order valence-electron chi connectivity index (χ3n) is 9.18. The molecule has 5 atom stereocenters. The Kier molecular flexibility index (Phi) is 15.4. The molecule has 0 aliphatic heterocycles. The lowest BCUT2D eigenvalue weighted by Gasteiger charge is -2.30. The number of benzene rings is 2. The van der Waals surface area contributed by atoms with Crippen LogP contribution in [0.1, 0.15) is 65.7 Å². The number of aliphatic imine (C=N–C) groups is 1. The third kappa shape index (κ3) is 11.4. The van der Waals surface area contributed by atoms with Crippen LogP contribution in [-0.4, -0.2) is 98.5 Å². The van der Waals surface area contributed by atoms with Gasteiger partial charge in [-0.25, -0.2) is 14.8 Å². The average molecular weight is 759 g/mol. The number of hydrogen-bond acceptors (Lipinski definition) is 10. The van der Waals surface area contributed by atoms with Crippen LogP contribution >= 0.6 is 0 Å². The normalized spacial score (nSPS) is 14.5. The highest BCUT2D eigenvalue weighted by atomic mass is 16.6. The minimum absolute atomic E-state index is 0.0709. The maximum atomic E-state index is 13.5. The first-order valence-electron chi connectivity index (χ1n) is 18.4. The van der Waals surface area contributed by atoms with Gasteiger partial charge in [0.05, 0.1) is 55.5 Å². The van der Waals surface area contributed by atoms with Crippen LogP contribution in [0, 0.1) is 17.8 Å². The summed E-state index contributed by atoms with van der Waals surface area (Å²) >= 11 is 0. The second-order valence-electron chi connectivity index (χ2n) is 14.1. The van der Waals surface area contributed by atoms with Gasteiger partial charge in [-0.3, -0.25) is 14.9 Å². The molecule has 0 fully saturated rings. The molecule has 4 rings (SSSR count). The molecule has 0 spiro atoms. The van der Waals surface area contributed by atoms with Gasteiger partial charge >= 0.3 is 6.09 Å². The Morgan fingerprint density at radius 3 is 1.93 bits per heavy atom. The fourth-order valence-corrected chi connectivity index (χ4v) is 6.00. The van der Waals surface area contributed by atoms with E-state index in [1.54, 1.807) is 24.2 Å². The predicted molar refractivity (Wildman–Crippen MR) is 209 cm³/mol. The SMILES string of the molecule is CCCN(Cc1ncc(-c2ccc(-c3ccc(-c4cnc([C@@H](NC(=O)C(/C=N/C(=O)OC)C(C)C)[C@@H](C)O)[nH]4)cc3)cc2)[nH]1)C(=O)C(NC(O)OC)C(C)C. The molecular weight excluding hydrogens is 704 g/mol. The zero-order valence-electron chi connectivity index (χ0n) is 32.7. The Bertz CT molecular complexity index is 1870. The summed E-state index contributed by atoms with van der Waals surface area (Å²) in [5.74, 6) is -0.471. The maximum Gasteiger partial charge on any atom is 0.432 e. The van der Waals surface area contributed by atoms with Crippen LogP contribution in [0.2, 0.25) is 0 Å². The van der Waals surface area contributed by atoms with Crippen molar-refractivity contribution in [1.29, 1.82) is 0 Å². The van der Waals surface area contributed by atoms with Crippen molar-refractivity contribution in [2.24, 2.45) is 22.7 Å². The smallest absolute Gasteiger partial charge is 0.432 e. The zero-order chi connectivity index (χ0) is 40.2. The zero-order valence-corrected chi connectivity index (χ0v) is 32.7. The molecule has 55 heavy (non-hydrogen) atoms. The topological polar surface area (TPSA) is 207 Å². The summed E-state index contributed by atoms with van der Waals surface area (Å²) in [5.41, 5.74) is 5.36. The van der Waals surface area contributed by atoms with E-state index in [-0.39, 0.29) is 17.7 Å². The molecule has 3 unspecified atom stereocenters. The van der Waals surface area contributed by atoms with Crippen molar-refractivity contribution in [2.45, 2.75) is 79.1 Å². The monoisotopic (exact) mass is 758 g/mol. The number of H-pyrrole nitrogens is 2. The van der Waals surface area contributed by atoms with Crippen molar-refractivity contribution in [2.75, 3.05) is 20.8 Å². The number of carbonyl (C=O) groups is 3. The second-order valence-corrected chi connectivity index (χ2v) is 14.1. The Hall–Kier alpha value is -5.22. The molecule has 0 aliphatic carbocycles. The first-order valence-corrected chi connectivity index (χ1v) is 18.4. The van der Waals surface area contributed by atoms with Crippen LogP contribution < -0.4 is 10.6 Å². The van der Waals surface area contributed by atoms with Crippen molar-refractivity contribution >= 4 is 24.1 Å². The average Bonchev–Trinajstić information content (AvgIpc) is 3.86. The molecule has 2 heterocycles. The molecule has 15 nitrogen and oxygen atoms in total. The van der Waals surface area contributed by atoms with Crippen molar-refractivity contribution in [3.8, 4) is 33.6 Å². The Labute approximate surface area is 322 Å². The van der Waals surface area contributed by atoms with Crippen molar-refractivity contribution in [1.82, 2.24) is 35.5 Å². The van der Waals surface area contributed by atoms with Gasteiger partial charge in [-0.1, -0.05) is 83.1 Å². The van der Waals surface area contributed by atoms with Gasteiger partial charge in [0.1, 0.15) is 17.7 Å². The first-order chi connectivity index (χ1) is 26.3. The number of rotatable bonds is 18. The van der Waals surface area contributed by atoms with Crippen LogP contribution in [0.25, 0.3) is 33.6 Å². The van der Waals surface area contributed by atoms with E-state index in [1.165, 1.54) is 20.4 Å². The lowest BCUT2D eigenvalue weighted by molar-refractivity contribution is -0.144. The molecule has 0 saturated heterocycles. The van der Waals surface area contributed by atoms with Crippen molar-refractivity contribution in [3.05, 3.63) is 72.6 Å². The fraction of sp³-hybridized carbons (Fsp3) is 0.450. The largest absolute Gasteiger partial charge is 0.451 e. The van der Waals surface area contributed by atoms with Gasteiger partial charge in [-0.15, -0.1) is 0 Å². The Morgan fingerprint density at radius 2 is 1.42 bits per heavy atom. The number of ether oxygens (including phenoxy) is 2. The molecule has 0 saturated carbocycles. The minimum atomic E-state index is -1.25. The van der Waals surface area contributed by atoms with E-state index >= 15 is 0 Å². The molecule has 0 radical (unpaired) electrons. The van der Waals surface area contributed by atoms with Gasteiger partial charge in [-0.05, 0) is 47.4 Å². The first kappa shape index (κ1) is 42.5. The van der Waals surface area contributed by atoms with Crippen LogP contribution in [0.5, 0.6) is 0 Å². The molecule has 296 valence electrons. The van der Waals surface area contributed by atoms with Crippen molar-refractivity contribution in [3.63, 3.8) is 0 Å². The molecule has 15 heteroatoms. The number of aromatic amines is 2. The number of aliphatic hydroxyl groups is 2. The van der Waals surface area contributed by atoms with Crippen LogP contribution in [0.4, 0.5) is 4.79 Å². The molecule has 0 bridgehead atoms. The van der Waals surface area contributed by atoms with E-state index < -0.39 is 42.5 Å². The second kappa shape index (κ2) is 19.9. The van der Waals surface area contributed by atoms with Gasteiger partial charge in [-0.2, -0.15) is 4.99 Å². The van der Waals surface area contributed by atoms with E-state index in [0.29, 0.717) is 30.4 Å². The van der Waals surface area contributed by atoms with Crippen LogP contribution in [0.15, 0.2) is 65.9 Å². The van der Waals surface area contributed by atoms with E-state index in [1.807, 2.05) is 83.1 Å². The van der Waals surface area contributed by atoms with E-state index in [0.717, 1.165) is 34.4 Å². The fourth-order valence-electron chi connectivity index (χ4n) is 6.00. The lowest BCUT2D eigenvalue weighted by Crippen LogP contribution is -2.53. The van der Waals surface area contributed by atoms with Crippen LogP contribution in [0.3, 0.4) is 0 Å². The molecule has 6 N–H and O–H groups in total. The maximum absolute atomic E-state index is 13.5. The summed E-state index contributed by atoms with van der Waals surface area (Å²) in [4.78, 5) is 59.1. The summed E-state index contributed by atoms with van der Waals surface area (Å²) in [6.45, 7) is 11.9. The van der Waals surface area contributed by atoms with Gasteiger partial charge in [0.2, 0.25) is 18.2 Å². The van der Waals surface area contributed by atoms with Gasteiger partial charge in [0, 0.05) is 19.9 Å². The number of nitrogens with zero attached hydrogens (tertiary/aromatic N) is 4. The summed E-state index contributed by atoms with van der Waals surface area (Å²) < 4.78 is 9.46. The van der Waals surface area contributed by atoms with Crippen molar-refractivity contribution < 1.29 is 34.1 Å². The summed E-state index contributed by atoms with van der Waals surface area (Å²) in [6.07, 6.45) is 2.43. The highest BCUT2D eigenvalue weighted by Gasteiger charge is 2.30. The highest BCUT2D eigenvalue weighted by molar-refractivity contribution is 5.96. The summed E-state index contributed by atoms with van der Waals surface area (Å²) in [6, 6.07) is 14.6.